The predicted octanol–water partition coefficient (Wildman–Crippen LogP) is 2.66. The standard InChI is InChI=1S/C15H24N2O/c1-12(2)9-14-3-4-15(17-10-14)18-11-13-5-7-16-8-6-13/h3-4,10,12-13,16H,5-9,11H2,1-2H3. The first kappa shape index (κ1) is 13.3. The van der Waals surface area contributed by atoms with Crippen LogP contribution in [-0.2, 0) is 6.42 Å². The van der Waals surface area contributed by atoms with Crippen LogP contribution in [-0.4, -0.2) is 24.7 Å². The molecule has 1 N–H and O–H groups in total. The number of aromatic nitrogens is 1. The number of hydrogen-bond donors (Lipinski definition) is 1. The van der Waals surface area contributed by atoms with Gasteiger partial charge in [0.05, 0.1) is 6.61 Å². The fourth-order valence-corrected chi connectivity index (χ4v) is 2.34. The Labute approximate surface area is 110 Å². The summed E-state index contributed by atoms with van der Waals surface area (Å²) in [5.41, 5.74) is 1.29. The first-order valence-electron chi connectivity index (χ1n) is 7.02. The Morgan fingerprint density at radius 3 is 2.72 bits per heavy atom. The van der Waals surface area contributed by atoms with Gasteiger partial charge < -0.3 is 10.1 Å². The Balaban J connectivity index is 1.78. The molecule has 1 aromatic heterocycles. The molecule has 0 saturated carbocycles. The number of pyridine rings is 1. The van der Waals surface area contributed by atoms with Crippen LogP contribution in [0.5, 0.6) is 5.88 Å². The lowest BCUT2D eigenvalue weighted by Crippen LogP contribution is -2.30. The zero-order valence-corrected chi connectivity index (χ0v) is 11.5. The normalized spacial score (nSPS) is 17.1. The van der Waals surface area contributed by atoms with Gasteiger partial charge in [0.2, 0.25) is 5.88 Å². The third-order valence-electron chi connectivity index (χ3n) is 3.37. The molecule has 1 fully saturated rings. The van der Waals surface area contributed by atoms with Crippen molar-refractivity contribution in [2.45, 2.75) is 33.1 Å². The molecule has 3 nitrogen and oxygen atoms in total. The van der Waals surface area contributed by atoms with Crippen molar-refractivity contribution in [3.8, 4) is 5.88 Å². The highest BCUT2D eigenvalue weighted by Crippen LogP contribution is 2.15. The number of ether oxygens (including phenoxy) is 1. The monoisotopic (exact) mass is 248 g/mol. The molecule has 0 amide bonds. The lowest BCUT2D eigenvalue weighted by Gasteiger charge is -2.22. The molecule has 3 heteroatoms. The number of rotatable bonds is 5. The van der Waals surface area contributed by atoms with E-state index in [1.54, 1.807) is 0 Å². The van der Waals surface area contributed by atoms with Crippen LogP contribution in [0, 0.1) is 11.8 Å². The predicted molar refractivity (Wildman–Crippen MR) is 73.9 cm³/mol. The number of piperidine rings is 1. The second kappa shape index (κ2) is 6.74. The lowest BCUT2D eigenvalue weighted by molar-refractivity contribution is 0.209. The summed E-state index contributed by atoms with van der Waals surface area (Å²) in [6.45, 7) is 7.49. The molecule has 0 radical (unpaired) electrons. The highest BCUT2D eigenvalue weighted by atomic mass is 16.5. The van der Waals surface area contributed by atoms with Crippen LogP contribution in [0.4, 0.5) is 0 Å². The van der Waals surface area contributed by atoms with Gasteiger partial charge in [-0.25, -0.2) is 4.98 Å². The average molecular weight is 248 g/mol. The smallest absolute Gasteiger partial charge is 0.213 e. The summed E-state index contributed by atoms with van der Waals surface area (Å²) >= 11 is 0. The maximum Gasteiger partial charge on any atom is 0.213 e. The Kier molecular flexibility index (Phi) is 5.00. The van der Waals surface area contributed by atoms with E-state index in [9.17, 15) is 0 Å². The van der Waals surface area contributed by atoms with Gasteiger partial charge in [0, 0.05) is 12.3 Å². The van der Waals surface area contributed by atoms with Crippen LogP contribution < -0.4 is 10.1 Å². The van der Waals surface area contributed by atoms with Crippen LogP contribution in [0.15, 0.2) is 18.3 Å². The molecule has 1 aromatic rings. The molecular weight excluding hydrogens is 224 g/mol. The zero-order chi connectivity index (χ0) is 12.8. The third kappa shape index (κ3) is 4.30. The summed E-state index contributed by atoms with van der Waals surface area (Å²) < 4.78 is 5.77. The van der Waals surface area contributed by atoms with Crippen molar-refractivity contribution in [1.82, 2.24) is 10.3 Å². The Morgan fingerprint density at radius 1 is 1.33 bits per heavy atom. The largest absolute Gasteiger partial charge is 0.477 e. The van der Waals surface area contributed by atoms with Gasteiger partial charge >= 0.3 is 0 Å². The van der Waals surface area contributed by atoms with Gasteiger partial charge in [0.15, 0.2) is 0 Å². The summed E-state index contributed by atoms with van der Waals surface area (Å²) in [4.78, 5) is 4.38. The van der Waals surface area contributed by atoms with Gasteiger partial charge in [-0.1, -0.05) is 19.9 Å². The maximum absolute atomic E-state index is 5.77. The van der Waals surface area contributed by atoms with Crippen molar-refractivity contribution in [3.63, 3.8) is 0 Å². The first-order chi connectivity index (χ1) is 8.74. The van der Waals surface area contributed by atoms with E-state index < -0.39 is 0 Å². The second-order valence-electron chi connectivity index (χ2n) is 5.61. The van der Waals surface area contributed by atoms with E-state index in [4.69, 9.17) is 4.74 Å². The van der Waals surface area contributed by atoms with Gasteiger partial charge in [-0.2, -0.15) is 0 Å². The Bertz CT molecular complexity index is 342. The van der Waals surface area contributed by atoms with E-state index in [1.165, 1.54) is 18.4 Å². The van der Waals surface area contributed by atoms with E-state index in [0.29, 0.717) is 11.8 Å². The first-order valence-corrected chi connectivity index (χ1v) is 7.02. The van der Waals surface area contributed by atoms with Crippen molar-refractivity contribution in [2.75, 3.05) is 19.7 Å². The minimum Gasteiger partial charge on any atom is -0.477 e. The highest BCUT2D eigenvalue weighted by molar-refractivity contribution is 5.18. The minimum absolute atomic E-state index is 0.674. The van der Waals surface area contributed by atoms with Crippen molar-refractivity contribution >= 4 is 0 Å². The van der Waals surface area contributed by atoms with Gasteiger partial charge in [-0.05, 0) is 49.8 Å². The SMILES string of the molecule is CC(C)Cc1ccc(OCC2CCNCC2)nc1. The molecule has 1 saturated heterocycles. The highest BCUT2D eigenvalue weighted by Gasteiger charge is 2.13. The average Bonchev–Trinajstić information content (AvgIpc) is 2.38. The van der Waals surface area contributed by atoms with Gasteiger partial charge in [-0.3, -0.25) is 0 Å². The van der Waals surface area contributed by atoms with Crippen molar-refractivity contribution in [3.05, 3.63) is 23.9 Å². The summed E-state index contributed by atoms with van der Waals surface area (Å²) in [6.07, 6.45) is 5.45. The molecule has 1 aliphatic heterocycles. The summed E-state index contributed by atoms with van der Waals surface area (Å²) in [6, 6.07) is 4.13. The number of hydrogen-bond acceptors (Lipinski definition) is 3. The number of nitrogens with zero attached hydrogens (tertiary/aromatic N) is 1. The van der Waals surface area contributed by atoms with Gasteiger partial charge in [-0.15, -0.1) is 0 Å². The molecule has 2 heterocycles. The number of nitrogens with one attached hydrogen (secondary N) is 1. The fraction of sp³-hybridized carbons (Fsp3) is 0.667. The fourth-order valence-electron chi connectivity index (χ4n) is 2.34. The topological polar surface area (TPSA) is 34.1 Å². The molecule has 100 valence electrons. The third-order valence-corrected chi connectivity index (χ3v) is 3.37. The quantitative estimate of drug-likeness (QED) is 0.870. The van der Waals surface area contributed by atoms with Crippen molar-refractivity contribution < 1.29 is 4.74 Å². The molecule has 0 spiro atoms. The van der Waals surface area contributed by atoms with Crippen LogP contribution in [0.2, 0.25) is 0 Å². The van der Waals surface area contributed by atoms with Gasteiger partial charge in [0.25, 0.3) is 0 Å². The van der Waals surface area contributed by atoms with E-state index >= 15 is 0 Å². The molecular formula is C15H24N2O. The lowest BCUT2D eigenvalue weighted by atomic mass is 9.99. The van der Waals surface area contributed by atoms with E-state index in [2.05, 4.69) is 30.2 Å². The Hall–Kier alpha value is -1.09. The zero-order valence-electron chi connectivity index (χ0n) is 11.5. The minimum atomic E-state index is 0.674. The Morgan fingerprint density at radius 2 is 2.11 bits per heavy atom. The second-order valence-corrected chi connectivity index (χ2v) is 5.61. The van der Waals surface area contributed by atoms with Crippen molar-refractivity contribution in [2.24, 2.45) is 11.8 Å². The van der Waals surface area contributed by atoms with Crippen LogP contribution in [0.3, 0.4) is 0 Å². The molecule has 0 aliphatic carbocycles. The van der Waals surface area contributed by atoms with Crippen LogP contribution in [0.25, 0.3) is 0 Å². The summed E-state index contributed by atoms with van der Waals surface area (Å²) in [5.74, 6) is 2.12. The molecule has 2 rings (SSSR count). The summed E-state index contributed by atoms with van der Waals surface area (Å²) in [5, 5.41) is 3.37. The summed E-state index contributed by atoms with van der Waals surface area (Å²) in [7, 11) is 0. The molecule has 0 bridgehead atoms. The molecule has 0 unspecified atom stereocenters. The van der Waals surface area contributed by atoms with E-state index in [-0.39, 0.29) is 0 Å². The van der Waals surface area contributed by atoms with Gasteiger partial charge in [0.1, 0.15) is 0 Å². The van der Waals surface area contributed by atoms with Crippen molar-refractivity contribution in [1.29, 1.82) is 0 Å². The molecule has 0 atom stereocenters. The molecule has 1 aliphatic rings. The molecule has 0 aromatic carbocycles. The van der Waals surface area contributed by atoms with E-state index in [1.807, 2.05) is 12.3 Å². The maximum atomic E-state index is 5.77. The van der Waals surface area contributed by atoms with E-state index in [0.717, 1.165) is 32.0 Å². The molecule has 18 heavy (non-hydrogen) atoms. The van der Waals surface area contributed by atoms with Crippen LogP contribution in [0.1, 0.15) is 32.3 Å². The van der Waals surface area contributed by atoms with Crippen LogP contribution >= 0.6 is 0 Å².